The number of carbonyl (C=O) groups excluding carboxylic acids is 1. The average molecular weight is 455 g/mol. The van der Waals surface area contributed by atoms with Gasteiger partial charge in [0.25, 0.3) is 5.91 Å². The number of pyridine rings is 1. The van der Waals surface area contributed by atoms with Gasteiger partial charge in [0.1, 0.15) is 6.33 Å². The summed E-state index contributed by atoms with van der Waals surface area (Å²) in [7, 11) is 0. The summed E-state index contributed by atoms with van der Waals surface area (Å²) in [6.07, 6.45) is 4.18. The second kappa shape index (κ2) is 10.6. The molecule has 170 valence electrons. The molecule has 2 aromatic heterocycles. The zero-order valence-electron chi connectivity index (χ0n) is 18.0. The van der Waals surface area contributed by atoms with E-state index in [1.165, 1.54) is 30.9 Å². The Morgan fingerprint density at radius 1 is 0.882 bits per heavy atom. The summed E-state index contributed by atoms with van der Waals surface area (Å²) in [5, 5.41) is 12.1. The van der Waals surface area contributed by atoms with Crippen LogP contribution < -0.4 is 15.8 Å². The second-order valence-electron chi connectivity index (χ2n) is 7.29. The van der Waals surface area contributed by atoms with Crippen LogP contribution in [0.15, 0.2) is 91.5 Å². The van der Waals surface area contributed by atoms with Crippen molar-refractivity contribution in [1.82, 2.24) is 20.4 Å². The first-order valence-electron chi connectivity index (χ1n) is 10.4. The topological polar surface area (TPSA) is 126 Å². The Balaban J connectivity index is 1.66. The molecule has 0 aliphatic rings. The van der Waals surface area contributed by atoms with Crippen molar-refractivity contribution in [1.29, 1.82) is 0 Å². The minimum atomic E-state index is -0.556. The van der Waals surface area contributed by atoms with Crippen LogP contribution in [0.4, 0.5) is 17.3 Å². The van der Waals surface area contributed by atoms with Crippen LogP contribution in [0.5, 0.6) is 0 Å². The number of carbonyl (C=O) groups is 1. The van der Waals surface area contributed by atoms with Crippen molar-refractivity contribution >= 4 is 23.2 Å². The molecule has 2 heterocycles. The monoisotopic (exact) mass is 455 g/mol. The molecular weight excluding hydrogens is 434 g/mol. The van der Waals surface area contributed by atoms with Crippen LogP contribution in [0.25, 0.3) is 0 Å². The fourth-order valence-corrected chi connectivity index (χ4v) is 3.37. The number of benzene rings is 2. The molecule has 2 aromatic carbocycles. The van der Waals surface area contributed by atoms with Gasteiger partial charge in [-0.2, -0.15) is 0 Å². The molecule has 0 unspecified atom stereocenters. The summed E-state index contributed by atoms with van der Waals surface area (Å²) in [4.78, 5) is 37.9. The van der Waals surface area contributed by atoms with Crippen molar-refractivity contribution in [2.45, 2.75) is 13.1 Å². The molecule has 2 N–H and O–H groups in total. The van der Waals surface area contributed by atoms with Crippen LogP contribution in [-0.2, 0) is 13.1 Å². The molecule has 4 rings (SSSR count). The molecule has 0 spiro atoms. The normalized spacial score (nSPS) is 10.4. The Morgan fingerprint density at radius 3 is 2.03 bits per heavy atom. The highest BCUT2D eigenvalue weighted by atomic mass is 16.6. The molecule has 34 heavy (non-hydrogen) atoms. The van der Waals surface area contributed by atoms with Crippen LogP contribution in [0.1, 0.15) is 21.5 Å². The van der Waals surface area contributed by atoms with Gasteiger partial charge in [-0.05, 0) is 23.3 Å². The predicted octanol–water partition coefficient (Wildman–Crippen LogP) is 3.74. The van der Waals surface area contributed by atoms with Gasteiger partial charge >= 0.3 is 5.69 Å². The van der Waals surface area contributed by atoms with Crippen LogP contribution in [0, 0.1) is 10.1 Å². The maximum absolute atomic E-state index is 12.4. The van der Waals surface area contributed by atoms with Gasteiger partial charge in [0.15, 0.2) is 0 Å². The SMILES string of the molecule is O=C(NNc1ncnc(N(Cc2ccccc2)Cc2ccccc2)c1[N+](=O)[O-])c1ccncc1. The van der Waals surface area contributed by atoms with Gasteiger partial charge in [-0.15, -0.1) is 0 Å². The summed E-state index contributed by atoms with van der Waals surface area (Å²) in [6.45, 7) is 0.771. The number of hydrazine groups is 1. The quantitative estimate of drug-likeness (QED) is 0.289. The van der Waals surface area contributed by atoms with E-state index in [4.69, 9.17) is 0 Å². The van der Waals surface area contributed by atoms with Gasteiger partial charge in [-0.1, -0.05) is 60.7 Å². The summed E-state index contributed by atoms with van der Waals surface area (Å²) >= 11 is 0. The van der Waals surface area contributed by atoms with E-state index < -0.39 is 10.8 Å². The predicted molar refractivity (Wildman–Crippen MR) is 127 cm³/mol. The minimum Gasteiger partial charge on any atom is -0.342 e. The largest absolute Gasteiger partial charge is 0.355 e. The lowest BCUT2D eigenvalue weighted by Gasteiger charge is -2.24. The highest BCUT2D eigenvalue weighted by Gasteiger charge is 2.28. The van der Waals surface area contributed by atoms with Gasteiger partial charge in [-0.3, -0.25) is 30.7 Å². The average Bonchev–Trinajstić information content (AvgIpc) is 2.88. The smallest absolute Gasteiger partial charge is 0.342 e. The molecule has 10 heteroatoms. The first-order chi connectivity index (χ1) is 16.6. The Bertz CT molecular complexity index is 1210. The van der Waals surface area contributed by atoms with Gasteiger partial charge < -0.3 is 4.90 Å². The number of amides is 1. The van der Waals surface area contributed by atoms with Crippen molar-refractivity contribution in [2.24, 2.45) is 0 Å². The number of rotatable bonds is 9. The number of hydrogen-bond acceptors (Lipinski definition) is 8. The number of nitrogens with one attached hydrogen (secondary N) is 2. The molecule has 0 bridgehead atoms. The zero-order valence-corrected chi connectivity index (χ0v) is 18.0. The number of nitrogens with zero attached hydrogens (tertiary/aromatic N) is 5. The molecular formula is C24H21N7O3. The number of hydrogen-bond donors (Lipinski definition) is 2. The summed E-state index contributed by atoms with van der Waals surface area (Å²) in [5.41, 5.74) is 6.95. The van der Waals surface area contributed by atoms with E-state index in [0.717, 1.165) is 11.1 Å². The van der Waals surface area contributed by atoms with E-state index in [-0.39, 0.29) is 17.3 Å². The first kappa shape index (κ1) is 22.3. The van der Waals surface area contributed by atoms with Gasteiger partial charge in [0, 0.05) is 31.0 Å². The minimum absolute atomic E-state index is 0.122. The van der Waals surface area contributed by atoms with Crippen molar-refractivity contribution in [3.63, 3.8) is 0 Å². The Hall–Kier alpha value is -4.86. The molecule has 0 aliphatic carbocycles. The molecule has 0 atom stereocenters. The van der Waals surface area contributed by atoms with E-state index in [9.17, 15) is 14.9 Å². The van der Waals surface area contributed by atoms with Gasteiger partial charge in [0.05, 0.1) is 4.92 Å². The first-order valence-corrected chi connectivity index (χ1v) is 10.4. The Labute approximate surface area is 195 Å². The maximum Gasteiger partial charge on any atom is 0.355 e. The van der Waals surface area contributed by atoms with E-state index in [0.29, 0.717) is 18.7 Å². The zero-order chi connectivity index (χ0) is 23.8. The molecule has 4 aromatic rings. The molecule has 1 amide bonds. The van der Waals surface area contributed by atoms with Crippen LogP contribution in [0.3, 0.4) is 0 Å². The summed E-state index contributed by atoms with van der Waals surface area (Å²) in [6, 6.07) is 22.3. The van der Waals surface area contributed by atoms with Gasteiger partial charge in [-0.25, -0.2) is 9.97 Å². The third-order valence-corrected chi connectivity index (χ3v) is 4.95. The number of anilines is 2. The number of nitro groups is 1. The molecule has 0 fully saturated rings. The third kappa shape index (κ3) is 5.49. The molecule has 0 aliphatic heterocycles. The summed E-state index contributed by atoms with van der Waals surface area (Å²) in [5.74, 6) is -0.473. The highest BCUT2D eigenvalue weighted by molar-refractivity contribution is 5.94. The van der Waals surface area contributed by atoms with Crippen molar-refractivity contribution in [3.8, 4) is 0 Å². The Kier molecular flexibility index (Phi) is 6.99. The van der Waals surface area contributed by atoms with E-state index >= 15 is 0 Å². The van der Waals surface area contributed by atoms with Crippen LogP contribution in [-0.4, -0.2) is 25.8 Å². The fourth-order valence-electron chi connectivity index (χ4n) is 3.37. The van der Waals surface area contributed by atoms with Crippen LogP contribution >= 0.6 is 0 Å². The highest BCUT2D eigenvalue weighted by Crippen LogP contribution is 2.33. The lowest BCUT2D eigenvalue weighted by atomic mass is 10.1. The molecule has 0 saturated heterocycles. The summed E-state index contributed by atoms with van der Waals surface area (Å²) < 4.78 is 0. The lowest BCUT2D eigenvalue weighted by Crippen LogP contribution is -2.31. The lowest BCUT2D eigenvalue weighted by molar-refractivity contribution is -0.383. The molecule has 0 saturated carbocycles. The standard InChI is InChI=1S/C24H21N7O3/c32-24(20-11-13-25-14-12-20)29-28-22-21(31(33)34)23(27-17-26-22)30(15-18-7-3-1-4-8-18)16-19-9-5-2-6-10-19/h1-14,17H,15-16H2,(H,29,32)(H,26,27,28). The van der Waals surface area contributed by atoms with Crippen molar-refractivity contribution in [3.05, 3.63) is 118 Å². The van der Waals surface area contributed by atoms with Crippen LogP contribution in [0.2, 0.25) is 0 Å². The van der Waals surface area contributed by atoms with E-state index in [2.05, 4.69) is 25.8 Å². The molecule has 0 radical (unpaired) electrons. The van der Waals surface area contributed by atoms with Gasteiger partial charge in [0.2, 0.25) is 11.6 Å². The number of aromatic nitrogens is 3. The van der Waals surface area contributed by atoms with E-state index in [1.807, 2.05) is 60.7 Å². The van der Waals surface area contributed by atoms with E-state index in [1.54, 1.807) is 4.90 Å². The second-order valence-corrected chi connectivity index (χ2v) is 7.29. The van der Waals surface area contributed by atoms with Crippen molar-refractivity contribution < 1.29 is 9.72 Å². The third-order valence-electron chi connectivity index (χ3n) is 4.95. The Morgan fingerprint density at radius 2 is 1.47 bits per heavy atom. The van der Waals surface area contributed by atoms with Crippen molar-refractivity contribution in [2.75, 3.05) is 10.3 Å². The fraction of sp³-hybridized carbons (Fsp3) is 0.0833. The molecule has 10 nitrogen and oxygen atoms in total. The maximum atomic E-state index is 12.4.